The number of benzene rings is 2. The first-order valence-electron chi connectivity index (χ1n) is 13.5. The molecule has 0 aliphatic heterocycles. The molecule has 0 saturated carbocycles. The predicted octanol–water partition coefficient (Wildman–Crippen LogP) is 5.94. The molecular formula is C30H42N6. The third-order valence-electron chi connectivity index (χ3n) is 6.86. The third kappa shape index (κ3) is 7.52. The summed E-state index contributed by atoms with van der Waals surface area (Å²) in [6.45, 7) is 10.6. The summed E-state index contributed by atoms with van der Waals surface area (Å²) in [5.74, 6) is 2.03. The van der Waals surface area contributed by atoms with Crippen molar-refractivity contribution < 1.29 is 0 Å². The molecule has 6 nitrogen and oxygen atoms in total. The van der Waals surface area contributed by atoms with Crippen LogP contribution in [-0.2, 0) is 33.1 Å². The molecule has 0 saturated heterocycles. The molecule has 4 aromatic rings. The summed E-state index contributed by atoms with van der Waals surface area (Å²) in [4.78, 5) is 17.2. The number of aromatic amines is 1. The second kappa shape index (κ2) is 13.4. The summed E-state index contributed by atoms with van der Waals surface area (Å²) in [7, 11) is 2.05. The lowest BCUT2D eigenvalue weighted by molar-refractivity contribution is 0.233. The van der Waals surface area contributed by atoms with Gasteiger partial charge in [0.25, 0.3) is 0 Å². The molecule has 0 fully saturated rings. The molecule has 2 aromatic carbocycles. The van der Waals surface area contributed by atoms with Crippen LogP contribution in [0.15, 0.2) is 61.2 Å². The highest BCUT2D eigenvalue weighted by Crippen LogP contribution is 2.21. The fourth-order valence-electron chi connectivity index (χ4n) is 5.00. The van der Waals surface area contributed by atoms with E-state index in [0.717, 1.165) is 37.7 Å². The van der Waals surface area contributed by atoms with Crippen LogP contribution in [0.2, 0.25) is 0 Å². The zero-order valence-electron chi connectivity index (χ0n) is 22.3. The Labute approximate surface area is 216 Å². The zero-order valence-corrected chi connectivity index (χ0v) is 22.3. The van der Waals surface area contributed by atoms with E-state index in [1.807, 2.05) is 31.8 Å². The minimum Gasteiger partial charge on any atom is -0.348 e. The smallest absolute Gasteiger partial charge is 0.122 e. The fraction of sp³-hybridized carbons (Fsp3) is 0.467. The van der Waals surface area contributed by atoms with Crippen LogP contribution in [-0.4, -0.2) is 49.0 Å². The van der Waals surface area contributed by atoms with Gasteiger partial charge >= 0.3 is 0 Å². The van der Waals surface area contributed by atoms with Gasteiger partial charge in [-0.05, 0) is 79.7 Å². The summed E-state index contributed by atoms with van der Waals surface area (Å²) in [5, 5.41) is 2.64. The Kier molecular flexibility index (Phi) is 9.70. The van der Waals surface area contributed by atoms with E-state index in [2.05, 4.69) is 79.6 Å². The summed E-state index contributed by atoms with van der Waals surface area (Å²) < 4.78 is 2.09. The predicted molar refractivity (Wildman–Crippen MR) is 149 cm³/mol. The molecular weight excluding hydrogens is 444 g/mol. The van der Waals surface area contributed by atoms with Crippen molar-refractivity contribution in [3.63, 3.8) is 0 Å². The van der Waals surface area contributed by atoms with Crippen molar-refractivity contribution >= 4 is 10.8 Å². The lowest BCUT2D eigenvalue weighted by Gasteiger charge is -2.21. The van der Waals surface area contributed by atoms with Crippen LogP contribution in [0.1, 0.15) is 62.3 Å². The van der Waals surface area contributed by atoms with Crippen molar-refractivity contribution in [2.45, 2.75) is 65.6 Å². The van der Waals surface area contributed by atoms with Crippen molar-refractivity contribution in [2.75, 3.05) is 19.6 Å². The van der Waals surface area contributed by atoms with Crippen LogP contribution in [0.3, 0.4) is 0 Å². The van der Waals surface area contributed by atoms with E-state index in [0.29, 0.717) is 0 Å². The number of fused-ring (bicyclic) bond motifs is 1. The number of hydrogen-bond donors (Lipinski definition) is 1. The number of imidazole rings is 2. The normalized spacial score (nSPS) is 11.8. The van der Waals surface area contributed by atoms with E-state index in [4.69, 9.17) is 0 Å². The molecule has 0 amide bonds. The van der Waals surface area contributed by atoms with E-state index in [-0.39, 0.29) is 0 Å². The number of nitrogens with one attached hydrogen (secondary N) is 1. The van der Waals surface area contributed by atoms with Gasteiger partial charge in [-0.3, -0.25) is 4.90 Å². The molecule has 0 bridgehead atoms. The van der Waals surface area contributed by atoms with Crippen molar-refractivity contribution in [1.29, 1.82) is 0 Å². The van der Waals surface area contributed by atoms with E-state index >= 15 is 0 Å². The quantitative estimate of drug-likeness (QED) is 0.211. The van der Waals surface area contributed by atoms with E-state index in [9.17, 15) is 0 Å². The number of nitrogens with zero attached hydrogens (tertiary/aromatic N) is 5. The highest BCUT2D eigenvalue weighted by molar-refractivity contribution is 5.83. The molecule has 4 rings (SSSR count). The Hall–Kier alpha value is -2.96. The van der Waals surface area contributed by atoms with E-state index in [1.54, 1.807) is 0 Å². The number of unbranched alkanes of at least 4 members (excludes halogenated alkanes) is 1. The second-order valence-corrected chi connectivity index (χ2v) is 9.95. The van der Waals surface area contributed by atoms with Gasteiger partial charge in [-0.2, -0.15) is 0 Å². The molecule has 6 heteroatoms. The number of aromatic nitrogens is 4. The van der Waals surface area contributed by atoms with Gasteiger partial charge < -0.3 is 14.5 Å². The fourth-order valence-corrected chi connectivity index (χ4v) is 5.00. The summed E-state index contributed by atoms with van der Waals surface area (Å²) in [6, 6.07) is 13.9. The Morgan fingerprint density at radius 3 is 2.19 bits per heavy atom. The highest BCUT2D eigenvalue weighted by Gasteiger charge is 2.13. The molecule has 0 atom stereocenters. The van der Waals surface area contributed by atoms with Crippen molar-refractivity contribution in [3.05, 3.63) is 84.0 Å². The lowest BCUT2D eigenvalue weighted by atomic mass is 10.0. The number of rotatable bonds is 15. The van der Waals surface area contributed by atoms with Crippen LogP contribution in [0.4, 0.5) is 0 Å². The largest absolute Gasteiger partial charge is 0.348 e. The maximum atomic E-state index is 4.53. The SMILES string of the molecule is CCCN(CCC)CCCCc1ccc2cc(CN(Cc3ncc[nH]3)Cc3nccn3C)ccc2c1. The molecule has 36 heavy (non-hydrogen) atoms. The molecule has 1 N–H and O–H groups in total. The summed E-state index contributed by atoms with van der Waals surface area (Å²) in [6.07, 6.45) is 13.7. The Morgan fingerprint density at radius 2 is 1.53 bits per heavy atom. The monoisotopic (exact) mass is 486 g/mol. The zero-order chi connectivity index (χ0) is 25.2. The van der Waals surface area contributed by atoms with Gasteiger partial charge in [0.15, 0.2) is 0 Å². The average Bonchev–Trinajstić information content (AvgIpc) is 3.54. The van der Waals surface area contributed by atoms with Crippen LogP contribution < -0.4 is 0 Å². The van der Waals surface area contributed by atoms with E-state index in [1.165, 1.54) is 67.2 Å². The minimum absolute atomic E-state index is 0.755. The summed E-state index contributed by atoms with van der Waals surface area (Å²) in [5.41, 5.74) is 2.75. The standard InChI is InChI=1S/C30H42N6/c1-4-16-35(17-5-2)18-7-6-8-25-9-11-28-21-26(10-12-27(28)20-25)22-36(23-29-31-13-14-32-29)24-30-33-15-19-34(30)3/h9-15,19-21H,4-8,16-18,22-24H2,1-3H3,(H,31,32). The number of aryl methyl sites for hydroxylation is 2. The van der Waals surface area contributed by atoms with Crippen LogP contribution in [0, 0.1) is 0 Å². The minimum atomic E-state index is 0.755. The third-order valence-corrected chi connectivity index (χ3v) is 6.86. The molecule has 0 aliphatic carbocycles. The Balaban J connectivity index is 1.37. The summed E-state index contributed by atoms with van der Waals surface area (Å²) >= 11 is 0. The van der Waals surface area contributed by atoms with Crippen LogP contribution >= 0.6 is 0 Å². The first-order valence-corrected chi connectivity index (χ1v) is 13.5. The molecule has 0 spiro atoms. The van der Waals surface area contributed by atoms with Crippen molar-refractivity contribution in [3.8, 4) is 0 Å². The van der Waals surface area contributed by atoms with Gasteiger partial charge in [-0.25, -0.2) is 9.97 Å². The maximum Gasteiger partial charge on any atom is 0.122 e. The molecule has 0 unspecified atom stereocenters. The topological polar surface area (TPSA) is 53.0 Å². The Morgan fingerprint density at radius 1 is 0.778 bits per heavy atom. The molecule has 192 valence electrons. The molecule has 2 aromatic heterocycles. The van der Waals surface area contributed by atoms with Gasteiger partial charge in [0.2, 0.25) is 0 Å². The van der Waals surface area contributed by atoms with Gasteiger partial charge in [-0.1, -0.05) is 44.2 Å². The van der Waals surface area contributed by atoms with Crippen molar-refractivity contribution in [1.82, 2.24) is 29.3 Å². The lowest BCUT2D eigenvalue weighted by Crippen LogP contribution is -2.26. The maximum absolute atomic E-state index is 4.53. The van der Waals surface area contributed by atoms with Gasteiger partial charge in [0.05, 0.1) is 13.1 Å². The molecule has 2 heterocycles. The van der Waals surface area contributed by atoms with Gasteiger partial charge in [0.1, 0.15) is 11.6 Å². The first-order chi connectivity index (χ1) is 17.6. The first kappa shape index (κ1) is 26.1. The number of H-pyrrole nitrogens is 1. The Bertz CT molecular complexity index is 1170. The van der Waals surface area contributed by atoms with Crippen LogP contribution in [0.25, 0.3) is 10.8 Å². The second-order valence-electron chi connectivity index (χ2n) is 9.95. The molecule has 0 aliphatic rings. The van der Waals surface area contributed by atoms with Crippen molar-refractivity contribution in [2.24, 2.45) is 7.05 Å². The molecule has 0 radical (unpaired) electrons. The highest BCUT2D eigenvalue weighted by atomic mass is 15.2. The van der Waals surface area contributed by atoms with E-state index < -0.39 is 0 Å². The average molecular weight is 487 g/mol. The van der Waals surface area contributed by atoms with Crippen LogP contribution in [0.5, 0.6) is 0 Å². The van der Waals surface area contributed by atoms with Gasteiger partial charge in [-0.15, -0.1) is 0 Å². The van der Waals surface area contributed by atoms with Gasteiger partial charge in [0, 0.05) is 38.4 Å². The number of hydrogen-bond acceptors (Lipinski definition) is 4.